The van der Waals surface area contributed by atoms with Gasteiger partial charge in [-0.05, 0) is 17.7 Å². The third-order valence-corrected chi connectivity index (χ3v) is 6.37. The summed E-state index contributed by atoms with van der Waals surface area (Å²) in [7, 11) is 0. The van der Waals surface area contributed by atoms with Gasteiger partial charge in [0, 0.05) is 26.2 Å². The fourth-order valence-corrected chi connectivity index (χ4v) is 4.76. The Morgan fingerprint density at radius 1 is 1.03 bits per heavy atom. The van der Waals surface area contributed by atoms with E-state index in [2.05, 4.69) is 44.1 Å². The van der Waals surface area contributed by atoms with E-state index in [1.165, 1.54) is 5.56 Å². The minimum atomic E-state index is -0.177. The number of benzene rings is 2. The van der Waals surface area contributed by atoms with Gasteiger partial charge in [-0.15, -0.1) is 0 Å². The van der Waals surface area contributed by atoms with Gasteiger partial charge in [0.25, 0.3) is 5.56 Å². The van der Waals surface area contributed by atoms with Crippen molar-refractivity contribution in [1.29, 1.82) is 0 Å². The van der Waals surface area contributed by atoms with E-state index >= 15 is 0 Å². The van der Waals surface area contributed by atoms with Crippen molar-refractivity contribution in [1.82, 2.24) is 24.6 Å². The van der Waals surface area contributed by atoms with Gasteiger partial charge in [-0.3, -0.25) is 14.7 Å². The number of anilines is 1. The van der Waals surface area contributed by atoms with Crippen molar-refractivity contribution in [3.05, 3.63) is 82.8 Å². The highest BCUT2D eigenvalue weighted by molar-refractivity contribution is 5.76. The molecule has 2 aromatic heterocycles. The standard InChI is InChI=1S/C24H24N6O2/c31-23-19-13-25-30(18-9-5-2-6-10-18)22(19)26-24(27-23)29-15-20-21(16-29)32-12-11-28(20)14-17-7-3-1-4-8-17/h1-10,13,20-21H,11-12,14-16H2,(H,26,27,31). The number of hydrogen-bond acceptors (Lipinski definition) is 6. The fraction of sp³-hybridized carbons (Fsp3) is 0.292. The largest absolute Gasteiger partial charge is 0.373 e. The van der Waals surface area contributed by atoms with E-state index in [4.69, 9.17) is 9.72 Å². The molecule has 4 heterocycles. The van der Waals surface area contributed by atoms with Crippen LogP contribution in [0.1, 0.15) is 5.56 Å². The number of aromatic amines is 1. The van der Waals surface area contributed by atoms with E-state index in [1.54, 1.807) is 10.9 Å². The molecule has 8 heteroatoms. The average Bonchev–Trinajstić information content (AvgIpc) is 3.46. The summed E-state index contributed by atoms with van der Waals surface area (Å²) in [5.74, 6) is 0.567. The average molecular weight is 428 g/mol. The number of rotatable bonds is 4. The first-order chi connectivity index (χ1) is 15.8. The van der Waals surface area contributed by atoms with Crippen LogP contribution >= 0.6 is 0 Å². The van der Waals surface area contributed by atoms with Crippen molar-refractivity contribution >= 4 is 17.0 Å². The number of morpholine rings is 1. The molecule has 0 amide bonds. The number of ether oxygens (including phenoxy) is 1. The van der Waals surface area contributed by atoms with Crippen LogP contribution in [0.4, 0.5) is 5.95 Å². The molecule has 8 nitrogen and oxygen atoms in total. The Morgan fingerprint density at radius 2 is 1.81 bits per heavy atom. The third kappa shape index (κ3) is 3.37. The molecule has 4 aromatic rings. The fourth-order valence-electron chi connectivity index (χ4n) is 4.76. The number of nitrogens with one attached hydrogen (secondary N) is 1. The minimum Gasteiger partial charge on any atom is -0.373 e. The molecule has 2 aromatic carbocycles. The lowest BCUT2D eigenvalue weighted by molar-refractivity contribution is -0.0499. The van der Waals surface area contributed by atoms with Crippen molar-refractivity contribution in [2.45, 2.75) is 18.7 Å². The lowest BCUT2D eigenvalue weighted by Gasteiger charge is -2.36. The highest BCUT2D eigenvalue weighted by Gasteiger charge is 2.41. The van der Waals surface area contributed by atoms with Crippen LogP contribution in [0.25, 0.3) is 16.7 Å². The van der Waals surface area contributed by atoms with E-state index in [-0.39, 0.29) is 17.7 Å². The predicted octanol–water partition coefficient (Wildman–Crippen LogP) is 2.20. The first-order valence-corrected chi connectivity index (χ1v) is 10.9. The molecule has 2 atom stereocenters. The zero-order valence-corrected chi connectivity index (χ0v) is 17.6. The normalized spacial score (nSPS) is 21.2. The van der Waals surface area contributed by atoms with E-state index in [9.17, 15) is 4.79 Å². The second kappa shape index (κ2) is 7.89. The number of hydrogen-bond donors (Lipinski definition) is 1. The molecule has 2 fully saturated rings. The zero-order chi connectivity index (χ0) is 21.5. The molecule has 2 saturated heterocycles. The van der Waals surface area contributed by atoms with E-state index in [1.807, 2.05) is 36.4 Å². The Bertz CT molecular complexity index is 1290. The summed E-state index contributed by atoms with van der Waals surface area (Å²) in [4.78, 5) is 25.2. The van der Waals surface area contributed by atoms with Crippen LogP contribution in [-0.4, -0.2) is 63.0 Å². The Balaban J connectivity index is 1.31. The molecule has 2 aliphatic rings. The quantitative estimate of drug-likeness (QED) is 0.537. The summed E-state index contributed by atoms with van der Waals surface area (Å²) in [6, 6.07) is 20.5. The summed E-state index contributed by atoms with van der Waals surface area (Å²) >= 11 is 0. The Kier molecular flexibility index (Phi) is 4.74. The lowest BCUT2D eigenvalue weighted by Crippen LogP contribution is -2.50. The lowest BCUT2D eigenvalue weighted by atomic mass is 10.1. The number of aromatic nitrogens is 4. The van der Waals surface area contributed by atoms with Crippen molar-refractivity contribution in [2.75, 3.05) is 31.1 Å². The first-order valence-electron chi connectivity index (χ1n) is 10.9. The van der Waals surface area contributed by atoms with Gasteiger partial charge >= 0.3 is 0 Å². The van der Waals surface area contributed by atoms with E-state index in [0.29, 0.717) is 30.1 Å². The first kappa shape index (κ1) is 19.2. The Hall–Kier alpha value is -3.49. The maximum absolute atomic E-state index is 12.8. The topological polar surface area (TPSA) is 79.3 Å². The van der Waals surface area contributed by atoms with Gasteiger partial charge in [-0.2, -0.15) is 10.1 Å². The van der Waals surface area contributed by atoms with E-state index in [0.717, 1.165) is 25.3 Å². The van der Waals surface area contributed by atoms with Crippen molar-refractivity contribution in [3.8, 4) is 5.69 Å². The Morgan fingerprint density at radius 3 is 2.62 bits per heavy atom. The van der Waals surface area contributed by atoms with Gasteiger partial charge in [-0.1, -0.05) is 48.5 Å². The molecular weight excluding hydrogens is 404 g/mol. The van der Waals surface area contributed by atoms with Crippen molar-refractivity contribution in [3.63, 3.8) is 0 Å². The summed E-state index contributed by atoms with van der Waals surface area (Å²) in [6.45, 7) is 3.96. The molecule has 2 aliphatic heterocycles. The van der Waals surface area contributed by atoms with Crippen LogP contribution in [0.5, 0.6) is 0 Å². The molecular formula is C24H24N6O2. The predicted molar refractivity (Wildman–Crippen MR) is 122 cm³/mol. The van der Waals surface area contributed by atoms with Gasteiger partial charge in [0.05, 0.1) is 30.6 Å². The van der Waals surface area contributed by atoms with Gasteiger partial charge in [0.15, 0.2) is 5.65 Å². The number of fused-ring (bicyclic) bond motifs is 2. The number of para-hydroxylation sites is 1. The second-order valence-corrected chi connectivity index (χ2v) is 8.36. The van der Waals surface area contributed by atoms with Gasteiger partial charge in [0.2, 0.25) is 5.95 Å². The van der Waals surface area contributed by atoms with Crippen LogP contribution in [0.3, 0.4) is 0 Å². The third-order valence-electron chi connectivity index (χ3n) is 6.37. The summed E-state index contributed by atoms with van der Waals surface area (Å²) in [5.41, 5.74) is 2.56. The maximum atomic E-state index is 12.8. The molecule has 162 valence electrons. The molecule has 0 aliphatic carbocycles. The number of H-pyrrole nitrogens is 1. The molecule has 1 N–H and O–H groups in total. The monoisotopic (exact) mass is 428 g/mol. The minimum absolute atomic E-state index is 0.0903. The van der Waals surface area contributed by atoms with Gasteiger partial charge in [0.1, 0.15) is 5.39 Å². The smallest absolute Gasteiger partial charge is 0.263 e. The van der Waals surface area contributed by atoms with Gasteiger partial charge < -0.3 is 9.64 Å². The second-order valence-electron chi connectivity index (χ2n) is 8.36. The SMILES string of the molecule is O=c1[nH]c(N2CC3OCCN(Cc4ccccc4)C3C2)nc2c1cnn2-c1ccccc1. The van der Waals surface area contributed by atoms with Crippen molar-refractivity contribution in [2.24, 2.45) is 0 Å². The van der Waals surface area contributed by atoms with Crippen LogP contribution in [-0.2, 0) is 11.3 Å². The molecule has 0 radical (unpaired) electrons. The summed E-state index contributed by atoms with van der Waals surface area (Å²) in [5, 5.41) is 4.89. The highest BCUT2D eigenvalue weighted by atomic mass is 16.5. The number of nitrogens with zero attached hydrogens (tertiary/aromatic N) is 5. The summed E-state index contributed by atoms with van der Waals surface area (Å²) in [6.07, 6.45) is 1.67. The molecule has 0 saturated carbocycles. The molecule has 0 spiro atoms. The molecule has 0 bridgehead atoms. The van der Waals surface area contributed by atoms with Crippen molar-refractivity contribution < 1.29 is 4.74 Å². The Labute approximate surface area is 185 Å². The highest BCUT2D eigenvalue weighted by Crippen LogP contribution is 2.27. The van der Waals surface area contributed by atoms with Gasteiger partial charge in [-0.25, -0.2) is 4.68 Å². The van der Waals surface area contributed by atoms with Crippen LogP contribution in [0, 0.1) is 0 Å². The van der Waals surface area contributed by atoms with Crippen LogP contribution in [0.15, 0.2) is 71.7 Å². The maximum Gasteiger partial charge on any atom is 0.263 e. The molecule has 32 heavy (non-hydrogen) atoms. The van der Waals surface area contributed by atoms with E-state index < -0.39 is 0 Å². The molecule has 2 unspecified atom stereocenters. The van der Waals surface area contributed by atoms with Crippen LogP contribution < -0.4 is 10.5 Å². The van der Waals surface area contributed by atoms with Crippen LogP contribution in [0.2, 0.25) is 0 Å². The summed E-state index contributed by atoms with van der Waals surface area (Å²) < 4.78 is 7.81. The zero-order valence-electron chi connectivity index (χ0n) is 17.6. The molecule has 6 rings (SSSR count).